The molecule has 0 aliphatic heterocycles. The second-order valence-corrected chi connectivity index (χ2v) is 10.8. The van der Waals surface area contributed by atoms with Crippen LogP contribution in [0.15, 0.2) is 132 Å². The Kier molecular flexibility index (Phi) is 9.48. The SMILES string of the molecule is NC(=O)c1ccc(NC(=O)CSc2cccc(NC(=O)/C(=C\c3cccc4ccccc34)NC(=O)c3ccccc3)c2)cc1. The lowest BCUT2D eigenvalue weighted by Crippen LogP contribution is -2.30. The molecule has 0 aliphatic rings. The standard InChI is InChI=1S/C35H28N4O4S/c36-33(41)24-16-18-27(19-17-24)37-32(40)22-44-29-14-7-13-28(21-29)38-35(43)31(39-34(42)25-9-2-1-3-10-25)20-26-12-6-11-23-8-4-5-15-30(23)26/h1-21H,22H2,(H2,36,41)(H,37,40)(H,38,43)(H,39,42)/b31-20+. The van der Waals surface area contributed by atoms with Crippen LogP contribution in [0, 0.1) is 0 Å². The van der Waals surface area contributed by atoms with E-state index in [1.807, 2.05) is 54.6 Å². The normalized spacial score (nSPS) is 11.0. The highest BCUT2D eigenvalue weighted by Gasteiger charge is 2.16. The van der Waals surface area contributed by atoms with Gasteiger partial charge in [-0.05, 0) is 77.0 Å². The lowest BCUT2D eigenvalue weighted by molar-refractivity contribution is -0.114. The van der Waals surface area contributed by atoms with Gasteiger partial charge in [-0.1, -0.05) is 66.7 Å². The molecule has 0 aromatic heterocycles. The monoisotopic (exact) mass is 600 g/mol. The van der Waals surface area contributed by atoms with Crippen LogP contribution in [0.1, 0.15) is 26.3 Å². The number of primary amides is 1. The fourth-order valence-corrected chi connectivity index (χ4v) is 5.16. The number of nitrogens with two attached hydrogens (primary N) is 1. The Hall–Kier alpha value is -5.67. The van der Waals surface area contributed by atoms with Crippen LogP contribution < -0.4 is 21.7 Å². The first kappa shape index (κ1) is 29.8. The summed E-state index contributed by atoms with van der Waals surface area (Å²) in [6, 6.07) is 35.7. The topological polar surface area (TPSA) is 130 Å². The Morgan fingerprint density at radius 1 is 0.682 bits per heavy atom. The summed E-state index contributed by atoms with van der Waals surface area (Å²) in [5.74, 6) is -1.57. The smallest absolute Gasteiger partial charge is 0.272 e. The molecule has 0 fully saturated rings. The average molecular weight is 601 g/mol. The molecular weight excluding hydrogens is 572 g/mol. The van der Waals surface area contributed by atoms with Crippen LogP contribution in [-0.4, -0.2) is 29.4 Å². The predicted octanol–water partition coefficient (Wildman–Crippen LogP) is 6.08. The molecule has 0 radical (unpaired) electrons. The zero-order valence-corrected chi connectivity index (χ0v) is 24.3. The number of nitrogens with one attached hydrogen (secondary N) is 3. The van der Waals surface area contributed by atoms with E-state index >= 15 is 0 Å². The third-order valence-corrected chi connectivity index (χ3v) is 7.56. The molecule has 218 valence electrons. The Labute approximate surface area is 258 Å². The molecule has 5 aromatic rings. The first-order chi connectivity index (χ1) is 21.4. The van der Waals surface area contributed by atoms with Crippen molar-refractivity contribution in [2.45, 2.75) is 4.90 Å². The number of amides is 4. The Morgan fingerprint density at radius 3 is 2.16 bits per heavy atom. The van der Waals surface area contributed by atoms with Crippen molar-refractivity contribution >= 4 is 63.6 Å². The van der Waals surface area contributed by atoms with Crippen molar-refractivity contribution in [1.29, 1.82) is 0 Å². The highest BCUT2D eigenvalue weighted by atomic mass is 32.2. The molecule has 5 aromatic carbocycles. The molecule has 9 heteroatoms. The Balaban J connectivity index is 1.30. The van der Waals surface area contributed by atoms with Gasteiger partial charge in [0.2, 0.25) is 11.8 Å². The van der Waals surface area contributed by atoms with Gasteiger partial charge in [0.05, 0.1) is 5.75 Å². The first-order valence-corrected chi connectivity index (χ1v) is 14.6. The van der Waals surface area contributed by atoms with Crippen LogP contribution in [0.3, 0.4) is 0 Å². The van der Waals surface area contributed by atoms with E-state index in [4.69, 9.17) is 5.73 Å². The molecule has 5 N–H and O–H groups in total. The molecule has 0 bridgehead atoms. The van der Waals surface area contributed by atoms with Crippen LogP contribution in [0.4, 0.5) is 11.4 Å². The van der Waals surface area contributed by atoms with E-state index in [0.717, 1.165) is 21.2 Å². The van der Waals surface area contributed by atoms with Crippen LogP contribution in [-0.2, 0) is 9.59 Å². The fraction of sp³-hybridized carbons (Fsp3) is 0.0286. The van der Waals surface area contributed by atoms with Crippen molar-refractivity contribution in [3.05, 3.63) is 144 Å². The number of carbonyl (C=O) groups is 4. The van der Waals surface area contributed by atoms with Crippen molar-refractivity contribution < 1.29 is 19.2 Å². The molecule has 0 heterocycles. The summed E-state index contributed by atoms with van der Waals surface area (Å²) in [6.07, 6.45) is 1.66. The quantitative estimate of drug-likeness (QED) is 0.114. The number of anilines is 2. The third-order valence-electron chi connectivity index (χ3n) is 6.57. The molecule has 4 amide bonds. The Bertz CT molecular complexity index is 1870. The summed E-state index contributed by atoms with van der Waals surface area (Å²) in [6.45, 7) is 0. The zero-order chi connectivity index (χ0) is 30.9. The zero-order valence-electron chi connectivity index (χ0n) is 23.5. The number of benzene rings is 5. The van der Waals surface area contributed by atoms with Crippen molar-refractivity contribution in [3.8, 4) is 0 Å². The largest absolute Gasteiger partial charge is 0.366 e. The van der Waals surface area contributed by atoms with Crippen molar-refractivity contribution in [2.75, 3.05) is 16.4 Å². The summed E-state index contributed by atoms with van der Waals surface area (Å²) in [5, 5.41) is 10.4. The fourth-order valence-electron chi connectivity index (χ4n) is 4.40. The summed E-state index contributed by atoms with van der Waals surface area (Å²) in [7, 11) is 0. The number of fused-ring (bicyclic) bond motifs is 1. The second-order valence-electron chi connectivity index (χ2n) is 9.71. The van der Waals surface area contributed by atoms with E-state index < -0.39 is 17.7 Å². The van der Waals surface area contributed by atoms with Crippen LogP contribution >= 0.6 is 11.8 Å². The van der Waals surface area contributed by atoms with Gasteiger partial charge in [-0.2, -0.15) is 0 Å². The minimum absolute atomic E-state index is 0.0787. The molecule has 0 spiro atoms. The molecule has 0 unspecified atom stereocenters. The van der Waals surface area contributed by atoms with Crippen LogP contribution in [0.5, 0.6) is 0 Å². The number of hydrogen-bond acceptors (Lipinski definition) is 5. The van der Waals surface area contributed by atoms with Gasteiger partial charge in [0.25, 0.3) is 11.8 Å². The average Bonchev–Trinajstić information content (AvgIpc) is 3.04. The molecule has 8 nitrogen and oxygen atoms in total. The summed E-state index contributed by atoms with van der Waals surface area (Å²) in [5.41, 5.74) is 7.94. The number of rotatable bonds is 10. The van der Waals surface area contributed by atoms with E-state index in [1.54, 1.807) is 72.8 Å². The molecule has 0 atom stereocenters. The molecule has 0 aliphatic carbocycles. The maximum atomic E-state index is 13.6. The lowest BCUT2D eigenvalue weighted by Gasteiger charge is -2.13. The second kappa shape index (κ2) is 14.0. The summed E-state index contributed by atoms with van der Waals surface area (Å²) >= 11 is 1.30. The minimum atomic E-state index is -0.542. The highest BCUT2D eigenvalue weighted by molar-refractivity contribution is 8.00. The van der Waals surface area contributed by atoms with E-state index in [2.05, 4.69) is 16.0 Å². The first-order valence-electron chi connectivity index (χ1n) is 13.7. The number of carbonyl (C=O) groups excluding carboxylic acids is 4. The minimum Gasteiger partial charge on any atom is -0.366 e. The van der Waals surface area contributed by atoms with Crippen LogP contribution in [0.25, 0.3) is 16.8 Å². The van der Waals surface area contributed by atoms with E-state index in [0.29, 0.717) is 22.5 Å². The lowest BCUT2D eigenvalue weighted by atomic mass is 10.0. The predicted molar refractivity (Wildman–Crippen MR) is 175 cm³/mol. The van der Waals surface area contributed by atoms with Crippen molar-refractivity contribution in [3.63, 3.8) is 0 Å². The molecule has 5 rings (SSSR count). The van der Waals surface area contributed by atoms with Gasteiger partial charge in [-0.3, -0.25) is 19.2 Å². The van der Waals surface area contributed by atoms with Gasteiger partial charge in [0.1, 0.15) is 5.70 Å². The molecule has 0 saturated heterocycles. The summed E-state index contributed by atoms with van der Waals surface area (Å²) < 4.78 is 0. The van der Waals surface area contributed by atoms with Gasteiger partial charge in [0.15, 0.2) is 0 Å². The van der Waals surface area contributed by atoms with Gasteiger partial charge >= 0.3 is 0 Å². The van der Waals surface area contributed by atoms with E-state index in [-0.39, 0.29) is 17.4 Å². The number of thioether (sulfide) groups is 1. The molecule has 44 heavy (non-hydrogen) atoms. The maximum Gasteiger partial charge on any atom is 0.272 e. The van der Waals surface area contributed by atoms with Crippen LogP contribution in [0.2, 0.25) is 0 Å². The van der Waals surface area contributed by atoms with E-state index in [1.165, 1.54) is 11.8 Å². The van der Waals surface area contributed by atoms with Gasteiger partial charge in [-0.15, -0.1) is 11.8 Å². The summed E-state index contributed by atoms with van der Waals surface area (Å²) in [4.78, 5) is 51.1. The van der Waals surface area contributed by atoms with Crippen molar-refractivity contribution in [2.24, 2.45) is 5.73 Å². The van der Waals surface area contributed by atoms with Crippen molar-refractivity contribution in [1.82, 2.24) is 5.32 Å². The number of hydrogen-bond donors (Lipinski definition) is 4. The Morgan fingerprint density at radius 2 is 1.39 bits per heavy atom. The molecule has 0 saturated carbocycles. The van der Waals surface area contributed by atoms with Gasteiger partial charge in [-0.25, -0.2) is 0 Å². The van der Waals surface area contributed by atoms with E-state index in [9.17, 15) is 19.2 Å². The highest BCUT2D eigenvalue weighted by Crippen LogP contribution is 2.24. The molecular formula is C35H28N4O4S. The van der Waals surface area contributed by atoms with Gasteiger partial charge in [0, 0.05) is 27.4 Å². The third kappa shape index (κ3) is 7.78. The van der Waals surface area contributed by atoms with Gasteiger partial charge < -0.3 is 21.7 Å². The maximum absolute atomic E-state index is 13.6.